The first-order valence-corrected chi connectivity index (χ1v) is 7.50. The number of hydrogen-bond acceptors (Lipinski definition) is 1. The Bertz CT molecular complexity index is 846. The third-order valence-corrected chi connectivity index (χ3v) is 4.23. The summed E-state index contributed by atoms with van der Waals surface area (Å²) in [6.07, 6.45) is 3.68. The molecule has 0 spiro atoms. The summed E-state index contributed by atoms with van der Waals surface area (Å²) in [6.45, 7) is 15.3. The molecule has 111 valence electrons. The van der Waals surface area contributed by atoms with Crippen molar-refractivity contribution in [1.82, 2.24) is 9.55 Å². The average Bonchev–Trinajstić information content (AvgIpc) is 2.77. The highest BCUT2D eigenvalue weighted by Crippen LogP contribution is 2.23. The molecule has 0 atom stereocenters. The lowest BCUT2D eigenvalue weighted by atomic mass is 10.00. The molecule has 0 aliphatic heterocycles. The molecule has 2 heteroatoms. The highest BCUT2D eigenvalue weighted by Gasteiger charge is 2.11. The van der Waals surface area contributed by atoms with Crippen LogP contribution < -0.4 is 0 Å². The largest absolute Gasteiger partial charge is 0.325 e. The average molecular weight is 289 g/mol. The highest BCUT2D eigenvalue weighted by atomic mass is 15.0. The molecule has 1 aromatic carbocycles. The molecular formula is C20H21N2. The topological polar surface area (TPSA) is 17.8 Å². The van der Waals surface area contributed by atoms with Crippen LogP contribution >= 0.6 is 0 Å². The summed E-state index contributed by atoms with van der Waals surface area (Å²) in [7, 11) is 0. The van der Waals surface area contributed by atoms with Gasteiger partial charge in [-0.25, -0.2) is 4.98 Å². The van der Waals surface area contributed by atoms with Gasteiger partial charge in [-0.15, -0.1) is 0 Å². The minimum atomic E-state index is 0.806. The van der Waals surface area contributed by atoms with E-state index in [2.05, 4.69) is 68.1 Å². The molecule has 0 saturated heterocycles. The van der Waals surface area contributed by atoms with Crippen LogP contribution in [0.2, 0.25) is 0 Å². The molecule has 0 fully saturated rings. The van der Waals surface area contributed by atoms with Gasteiger partial charge in [0.1, 0.15) is 5.65 Å². The van der Waals surface area contributed by atoms with E-state index in [-0.39, 0.29) is 0 Å². The zero-order valence-electron chi connectivity index (χ0n) is 13.5. The first kappa shape index (κ1) is 14.6. The maximum absolute atomic E-state index is 4.60. The lowest BCUT2D eigenvalue weighted by Gasteiger charge is -2.14. The summed E-state index contributed by atoms with van der Waals surface area (Å²) >= 11 is 0. The summed E-state index contributed by atoms with van der Waals surface area (Å²) in [6, 6.07) is 8.67. The number of aromatic nitrogens is 2. The Morgan fingerprint density at radius 1 is 1.09 bits per heavy atom. The number of hydrogen-bond donors (Lipinski definition) is 0. The van der Waals surface area contributed by atoms with Gasteiger partial charge in [0.2, 0.25) is 0 Å². The Kier molecular flexibility index (Phi) is 3.61. The van der Waals surface area contributed by atoms with E-state index in [0.29, 0.717) is 0 Å². The molecule has 0 saturated carbocycles. The Morgan fingerprint density at radius 3 is 2.41 bits per heavy atom. The van der Waals surface area contributed by atoms with E-state index in [9.17, 15) is 0 Å². The van der Waals surface area contributed by atoms with E-state index in [1.807, 2.05) is 12.3 Å². The van der Waals surface area contributed by atoms with Crippen molar-refractivity contribution in [2.75, 3.05) is 0 Å². The fourth-order valence-corrected chi connectivity index (χ4v) is 3.12. The van der Waals surface area contributed by atoms with Gasteiger partial charge in [0.25, 0.3) is 0 Å². The van der Waals surface area contributed by atoms with Gasteiger partial charge < -0.3 is 4.57 Å². The normalized spacial score (nSPS) is 11.1. The van der Waals surface area contributed by atoms with Gasteiger partial charge in [0.15, 0.2) is 0 Å². The molecule has 0 N–H and O–H groups in total. The maximum Gasteiger partial charge on any atom is 0.140 e. The van der Waals surface area contributed by atoms with Crippen LogP contribution in [-0.2, 0) is 6.54 Å². The smallest absolute Gasteiger partial charge is 0.140 e. The van der Waals surface area contributed by atoms with E-state index in [4.69, 9.17) is 0 Å². The van der Waals surface area contributed by atoms with Crippen LogP contribution in [0, 0.1) is 27.7 Å². The van der Waals surface area contributed by atoms with Gasteiger partial charge in [-0.2, -0.15) is 0 Å². The maximum atomic E-state index is 4.60. The van der Waals surface area contributed by atoms with Crippen LogP contribution in [-0.4, -0.2) is 9.55 Å². The van der Waals surface area contributed by atoms with Crippen molar-refractivity contribution in [3.05, 3.63) is 77.5 Å². The molecule has 22 heavy (non-hydrogen) atoms. The fourth-order valence-electron chi connectivity index (χ4n) is 3.12. The number of pyridine rings is 1. The molecule has 0 aliphatic rings. The minimum Gasteiger partial charge on any atom is -0.325 e. The standard InChI is InChI=1S/C20H21N2/c1-6-17-10-18-9-16(5)22(20(18)21-11-17)12-19-14(3)7-13(2)8-15(19)4/h6-11H,1,5,12H2,2-4H3. The van der Waals surface area contributed by atoms with Crippen molar-refractivity contribution in [1.29, 1.82) is 0 Å². The Labute approximate surface area is 132 Å². The van der Waals surface area contributed by atoms with Crippen molar-refractivity contribution in [3.8, 4) is 0 Å². The molecule has 2 heterocycles. The fraction of sp³-hybridized carbons (Fsp3) is 0.200. The van der Waals surface area contributed by atoms with Gasteiger partial charge in [0, 0.05) is 23.8 Å². The van der Waals surface area contributed by atoms with E-state index in [1.165, 1.54) is 22.3 Å². The SMILES string of the molecule is [CH2]c1cc2cc(C=C)cnc2n1Cc1c(C)cc(C)cc1C. The predicted molar refractivity (Wildman–Crippen MR) is 94.0 cm³/mol. The van der Waals surface area contributed by atoms with E-state index in [0.717, 1.165) is 28.8 Å². The lowest BCUT2D eigenvalue weighted by Crippen LogP contribution is -2.06. The number of rotatable bonds is 3. The molecule has 0 bridgehead atoms. The van der Waals surface area contributed by atoms with E-state index >= 15 is 0 Å². The van der Waals surface area contributed by atoms with Gasteiger partial charge in [-0.05, 0) is 62.1 Å². The van der Waals surface area contributed by atoms with Crippen LogP contribution in [0.15, 0.2) is 37.0 Å². The molecule has 0 aliphatic carbocycles. The van der Waals surface area contributed by atoms with Crippen LogP contribution in [0.3, 0.4) is 0 Å². The lowest BCUT2D eigenvalue weighted by molar-refractivity contribution is 0.797. The first-order valence-electron chi connectivity index (χ1n) is 7.50. The first-order chi connectivity index (χ1) is 10.5. The second kappa shape index (κ2) is 5.45. The summed E-state index contributed by atoms with van der Waals surface area (Å²) in [5.41, 5.74) is 8.30. The molecule has 2 nitrogen and oxygen atoms in total. The van der Waals surface area contributed by atoms with Crippen LogP contribution in [0.25, 0.3) is 17.1 Å². The summed E-state index contributed by atoms with van der Waals surface area (Å²) in [4.78, 5) is 4.60. The van der Waals surface area contributed by atoms with Crippen LogP contribution in [0.4, 0.5) is 0 Å². The molecular weight excluding hydrogens is 268 g/mol. The second-order valence-corrected chi connectivity index (χ2v) is 5.98. The zero-order valence-corrected chi connectivity index (χ0v) is 13.5. The van der Waals surface area contributed by atoms with Crippen molar-refractivity contribution >= 4 is 17.1 Å². The van der Waals surface area contributed by atoms with Gasteiger partial charge >= 0.3 is 0 Å². The Morgan fingerprint density at radius 2 is 1.77 bits per heavy atom. The highest BCUT2D eigenvalue weighted by molar-refractivity contribution is 5.80. The Balaban J connectivity index is 2.12. The zero-order chi connectivity index (χ0) is 15.9. The van der Waals surface area contributed by atoms with Gasteiger partial charge in [-0.1, -0.05) is 30.4 Å². The van der Waals surface area contributed by atoms with Gasteiger partial charge in [0.05, 0.1) is 0 Å². The number of benzene rings is 1. The quantitative estimate of drug-likeness (QED) is 0.675. The van der Waals surface area contributed by atoms with E-state index in [1.54, 1.807) is 0 Å². The molecule has 0 unspecified atom stereocenters. The molecule has 3 aromatic rings. The van der Waals surface area contributed by atoms with Gasteiger partial charge in [-0.3, -0.25) is 0 Å². The summed E-state index contributed by atoms with van der Waals surface area (Å²) < 4.78 is 2.19. The van der Waals surface area contributed by atoms with Crippen molar-refractivity contribution in [2.45, 2.75) is 27.3 Å². The number of nitrogens with zero attached hydrogens (tertiary/aromatic N) is 2. The van der Waals surface area contributed by atoms with Crippen molar-refractivity contribution < 1.29 is 0 Å². The third-order valence-electron chi connectivity index (χ3n) is 4.23. The Hall–Kier alpha value is -2.35. The van der Waals surface area contributed by atoms with Crippen molar-refractivity contribution in [2.24, 2.45) is 0 Å². The molecule has 3 rings (SSSR count). The summed E-state index contributed by atoms with van der Waals surface area (Å²) in [5, 5.41) is 1.12. The number of aryl methyl sites for hydroxylation is 3. The molecule has 1 radical (unpaired) electrons. The third kappa shape index (κ3) is 2.45. The van der Waals surface area contributed by atoms with E-state index < -0.39 is 0 Å². The van der Waals surface area contributed by atoms with Crippen LogP contribution in [0.5, 0.6) is 0 Å². The minimum absolute atomic E-state index is 0.806. The monoisotopic (exact) mass is 289 g/mol. The van der Waals surface area contributed by atoms with Crippen molar-refractivity contribution in [3.63, 3.8) is 0 Å². The second-order valence-electron chi connectivity index (χ2n) is 5.98. The molecule has 2 aromatic heterocycles. The summed E-state index contributed by atoms with van der Waals surface area (Å²) in [5.74, 6) is 0. The predicted octanol–water partition coefficient (Wildman–Crippen LogP) is 4.84. The van der Waals surface area contributed by atoms with Crippen LogP contribution in [0.1, 0.15) is 33.5 Å². The molecule has 0 amide bonds. The number of fused-ring (bicyclic) bond motifs is 1.